The molecule has 1 rings (SSSR count). The van der Waals surface area contributed by atoms with Gasteiger partial charge in [0.25, 0.3) is 0 Å². The lowest BCUT2D eigenvalue weighted by Gasteiger charge is -2.19. The Kier molecular flexibility index (Phi) is 20.3. The molecular weight excluding hydrogens is 492 g/mol. The molecule has 1 fully saturated rings. The van der Waals surface area contributed by atoms with Crippen LogP contribution >= 0.6 is 0 Å². The molecular formula is C34H58N6. The van der Waals surface area contributed by atoms with Crippen molar-refractivity contribution in [3.63, 3.8) is 0 Å². The van der Waals surface area contributed by atoms with Crippen molar-refractivity contribution >= 4 is 18.8 Å². The van der Waals surface area contributed by atoms with Gasteiger partial charge >= 0.3 is 0 Å². The molecule has 0 saturated carbocycles. The van der Waals surface area contributed by atoms with Crippen LogP contribution in [-0.2, 0) is 0 Å². The van der Waals surface area contributed by atoms with Crippen LogP contribution in [-0.4, -0.2) is 70.5 Å². The topological polar surface area (TPSA) is 64.4 Å². The molecule has 2 unspecified atom stereocenters. The van der Waals surface area contributed by atoms with E-state index in [-0.39, 0.29) is 0 Å². The van der Waals surface area contributed by atoms with Crippen molar-refractivity contribution in [2.75, 3.05) is 46.8 Å². The molecule has 0 aromatic rings. The summed E-state index contributed by atoms with van der Waals surface area (Å²) in [7, 11) is 4.07. The van der Waals surface area contributed by atoms with E-state index in [1.54, 1.807) is 13.3 Å². The van der Waals surface area contributed by atoms with Crippen LogP contribution in [0.1, 0.15) is 78.6 Å². The van der Waals surface area contributed by atoms with Crippen molar-refractivity contribution in [3.8, 4) is 0 Å². The van der Waals surface area contributed by atoms with E-state index in [1.807, 2.05) is 13.0 Å². The van der Waals surface area contributed by atoms with E-state index in [0.717, 1.165) is 80.6 Å². The normalized spacial score (nSPS) is 20.0. The summed E-state index contributed by atoms with van der Waals surface area (Å²) in [5.74, 6) is 2.62. The number of nitrogens with one attached hydrogen (secondary N) is 2. The zero-order chi connectivity index (χ0) is 29.4. The Morgan fingerprint density at radius 3 is 2.67 bits per heavy atom. The second kappa shape index (κ2) is 23.0. The van der Waals surface area contributed by atoms with Crippen LogP contribution in [0.5, 0.6) is 0 Å². The highest BCUT2D eigenvalue weighted by molar-refractivity contribution is 5.85. The lowest BCUT2D eigenvalue weighted by molar-refractivity contribution is 0.299. The molecule has 2 N–H and O–H groups in total. The number of nitrogens with zero attached hydrogens (tertiary/aromatic N) is 4. The summed E-state index contributed by atoms with van der Waals surface area (Å²) in [5.41, 5.74) is 6.13. The van der Waals surface area contributed by atoms with E-state index >= 15 is 0 Å². The third-order valence-corrected chi connectivity index (χ3v) is 7.29. The van der Waals surface area contributed by atoms with Crippen LogP contribution in [0.25, 0.3) is 0 Å². The van der Waals surface area contributed by atoms with Crippen LogP contribution < -0.4 is 10.7 Å². The van der Waals surface area contributed by atoms with Gasteiger partial charge in [-0.25, -0.2) is 0 Å². The minimum atomic E-state index is 0.763. The second-order valence-electron chi connectivity index (χ2n) is 11.0. The van der Waals surface area contributed by atoms with Gasteiger partial charge in [0.2, 0.25) is 0 Å². The average Bonchev–Trinajstić information content (AvgIpc) is 3.13. The summed E-state index contributed by atoms with van der Waals surface area (Å²) in [4.78, 5) is 11.5. The van der Waals surface area contributed by atoms with Crippen LogP contribution in [0, 0.1) is 11.8 Å². The molecule has 2 atom stereocenters. The third kappa shape index (κ3) is 17.1. The highest BCUT2D eigenvalue weighted by Gasteiger charge is 2.21. The fourth-order valence-electron chi connectivity index (χ4n) is 4.92. The van der Waals surface area contributed by atoms with E-state index in [4.69, 9.17) is 4.99 Å². The van der Waals surface area contributed by atoms with Crippen LogP contribution in [0.2, 0.25) is 0 Å². The quantitative estimate of drug-likeness (QED) is 0.0448. The Bertz CT molecular complexity index is 892. The van der Waals surface area contributed by atoms with Crippen molar-refractivity contribution in [2.45, 2.75) is 78.6 Å². The summed E-state index contributed by atoms with van der Waals surface area (Å²) < 4.78 is 0. The van der Waals surface area contributed by atoms with Crippen LogP contribution in [0.4, 0.5) is 0 Å². The number of likely N-dealkylation sites (tertiary alicyclic amines) is 1. The van der Waals surface area contributed by atoms with Crippen molar-refractivity contribution in [2.24, 2.45) is 26.9 Å². The maximum atomic E-state index is 4.96. The smallest absolute Gasteiger partial charge is 0.0967 e. The maximum Gasteiger partial charge on any atom is 0.0967 e. The van der Waals surface area contributed by atoms with Gasteiger partial charge in [-0.1, -0.05) is 55.5 Å². The van der Waals surface area contributed by atoms with Gasteiger partial charge in [0, 0.05) is 33.1 Å². The first-order valence-corrected chi connectivity index (χ1v) is 15.3. The summed E-state index contributed by atoms with van der Waals surface area (Å²) in [6.45, 7) is 19.1. The van der Waals surface area contributed by atoms with E-state index in [0.29, 0.717) is 0 Å². The standard InChI is InChI=1S/C34H58N6/c1-8-10-12-17-32-25-31(21-24-40(7)28-32)20-19-29(3)26-38-34(18-15-22-35-5)37-23-14-11-13-16-30(4)33(9-2)27-39-36-6/h9-10,12-13,16,19,27,31-32,36H,4-5,8,11,14-15,17-18,20-26,28H2,1-3,6-7H3,(H,37,38)/b12-10?,16-13?,29-19+,33-9+,39-27-. The predicted octanol–water partition coefficient (Wildman–Crippen LogP) is 7.15. The number of amidine groups is 1. The summed E-state index contributed by atoms with van der Waals surface area (Å²) in [6, 6.07) is 0. The van der Waals surface area contributed by atoms with Crippen molar-refractivity contribution in [1.29, 1.82) is 0 Å². The van der Waals surface area contributed by atoms with Crippen molar-refractivity contribution in [1.82, 2.24) is 15.6 Å². The van der Waals surface area contributed by atoms with E-state index in [2.05, 4.69) is 90.3 Å². The van der Waals surface area contributed by atoms with Gasteiger partial charge < -0.3 is 20.6 Å². The molecule has 1 saturated heterocycles. The highest BCUT2D eigenvalue weighted by atomic mass is 15.3. The molecule has 1 heterocycles. The highest BCUT2D eigenvalue weighted by Crippen LogP contribution is 2.27. The first-order valence-electron chi connectivity index (χ1n) is 15.3. The first kappa shape index (κ1) is 35.3. The summed E-state index contributed by atoms with van der Waals surface area (Å²) in [6.07, 6.45) is 25.3. The summed E-state index contributed by atoms with van der Waals surface area (Å²) in [5, 5.41) is 7.66. The Morgan fingerprint density at radius 2 is 1.95 bits per heavy atom. The van der Waals surface area contributed by atoms with Gasteiger partial charge in [-0.15, -0.1) is 0 Å². The first-order chi connectivity index (χ1) is 19.4. The van der Waals surface area contributed by atoms with Gasteiger partial charge in [-0.2, -0.15) is 5.10 Å². The van der Waals surface area contributed by atoms with Gasteiger partial charge in [0.05, 0.1) is 18.6 Å². The number of hydrogen-bond donors (Lipinski definition) is 2. The van der Waals surface area contributed by atoms with Crippen LogP contribution in [0.15, 0.2) is 74.8 Å². The van der Waals surface area contributed by atoms with Crippen molar-refractivity contribution in [3.05, 3.63) is 59.8 Å². The molecule has 0 aliphatic carbocycles. The monoisotopic (exact) mass is 550 g/mol. The molecule has 0 bridgehead atoms. The molecule has 0 spiro atoms. The SMILES string of the molecule is C=NCCCC(=NC/C(C)=C/CC1CCN(C)CC(CC=CCC)C1)NCCCC=CC(=C)C(/C=N\NC)=C/C. The Labute approximate surface area is 246 Å². The number of hydrazone groups is 1. The molecule has 224 valence electrons. The lowest BCUT2D eigenvalue weighted by Crippen LogP contribution is -2.25. The summed E-state index contributed by atoms with van der Waals surface area (Å²) >= 11 is 0. The predicted molar refractivity (Wildman–Crippen MR) is 179 cm³/mol. The molecule has 0 amide bonds. The van der Waals surface area contributed by atoms with E-state index in [1.165, 1.54) is 44.3 Å². The Hall–Kier alpha value is -2.73. The molecule has 1 aliphatic rings. The molecule has 0 aromatic carbocycles. The van der Waals surface area contributed by atoms with Crippen LogP contribution in [0.3, 0.4) is 0 Å². The minimum absolute atomic E-state index is 0.763. The molecule has 0 radical (unpaired) electrons. The Balaban J connectivity index is 2.58. The van der Waals surface area contributed by atoms with Gasteiger partial charge in [0.1, 0.15) is 0 Å². The third-order valence-electron chi connectivity index (χ3n) is 7.29. The largest absolute Gasteiger partial charge is 0.374 e. The van der Waals surface area contributed by atoms with Crippen molar-refractivity contribution < 1.29 is 0 Å². The number of unbranched alkanes of at least 4 members (excludes halogenated alkanes) is 1. The van der Waals surface area contributed by atoms with E-state index < -0.39 is 0 Å². The minimum Gasteiger partial charge on any atom is -0.374 e. The molecule has 6 heteroatoms. The molecule has 6 nitrogen and oxygen atoms in total. The number of hydrogen-bond acceptors (Lipinski definition) is 5. The average molecular weight is 551 g/mol. The Morgan fingerprint density at radius 1 is 1.12 bits per heavy atom. The van der Waals surface area contributed by atoms with Gasteiger partial charge in [-0.05, 0) is 109 Å². The lowest BCUT2D eigenvalue weighted by atomic mass is 9.88. The number of allylic oxidation sites excluding steroid dienone is 8. The fraction of sp³-hybridized carbons (Fsp3) is 0.618. The fourth-order valence-corrected chi connectivity index (χ4v) is 4.92. The van der Waals surface area contributed by atoms with E-state index in [9.17, 15) is 0 Å². The number of aliphatic imine (C=N–C) groups is 2. The van der Waals surface area contributed by atoms with Gasteiger partial charge in [0.15, 0.2) is 0 Å². The maximum absolute atomic E-state index is 4.96. The second-order valence-corrected chi connectivity index (χ2v) is 11.0. The number of rotatable bonds is 19. The molecule has 1 aliphatic heterocycles. The zero-order valence-corrected chi connectivity index (χ0v) is 26.3. The molecule has 0 aromatic heterocycles. The van der Waals surface area contributed by atoms with Gasteiger partial charge in [-0.3, -0.25) is 4.99 Å². The zero-order valence-electron chi connectivity index (χ0n) is 26.3. The molecule has 40 heavy (non-hydrogen) atoms.